The molecule has 0 bridgehead atoms. The molecule has 0 aliphatic rings. The number of alkyl halides is 3. The summed E-state index contributed by atoms with van der Waals surface area (Å²) in [7, 11) is 2.87. The van der Waals surface area contributed by atoms with Gasteiger partial charge in [0.2, 0.25) is 5.91 Å². The second-order valence-corrected chi connectivity index (χ2v) is 6.74. The fraction of sp³-hybridized carbons (Fsp3) is 0.381. The SMILES string of the molecule is COc1cc(CCC(=O)N(C)C(C)c2ccc(F)c(F)c2)ccc1OCC(F)(F)F. The van der Waals surface area contributed by atoms with Crippen molar-refractivity contribution in [1.82, 2.24) is 4.90 Å². The molecule has 164 valence electrons. The van der Waals surface area contributed by atoms with E-state index in [1.165, 1.54) is 30.2 Å². The molecule has 0 aliphatic heterocycles. The Morgan fingerprint density at radius 3 is 2.37 bits per heavy atom. The zero-order valence-corrected chi connectivity index (χ0v) is 16.7. The number of rotatable bonds is 8. The zero-order valence-electron chi connectivity index (χ0n) is 16.7. The van der Waals surface area contributed by atoms with Gasteiger partial charge in [0.15, 0.2) is 29.7 Å². The second-order valence-electron chi connectivity index (χ2n) is 6.74. The third-order valence-electron chi connectivity index (χ3n) is 4.65. The quantitative estimate of drug-likeness (QED) is 0.548. The maximum atomic E-state index is 13.4. The van der Waals surface area contributed by atoms with Crippen molar-refractivity contribution in [2.24, 2.45) is 0 Å². The van der Waals surface area contributed by atoms with E-state index in [-0.39, 0.29) is 23.8 Å². The summed E-state index contributed by atoms with van der Waals surface area (Å²) in [6, 6.07) is 7.43. The number of carbonyl (C=O) groups excluding carboxylic acids is 1. The number of nitrogens with zero attached hydrogens (tertiary/aromatic N) is 1. The number of methoxy groups -OCH3 is 1. The number of hydrogen-bond donors (Lipinski definition) is 0. The highest BCUT2D eigenvalue weighted by molar-refractivity contribution is 5.76. The lowest BCUT2D eigenvalue weighted by atomic mass is 10.0. The smallest absolute Gasteiger partial charge is 0.422 e. The molecule has 1 atom stereocenters. The highest BCUT2D eigenvalue weighted by Crippen LogP contribution is 2.30. The maximum absolute atomic E-state index is 13.4. The standard InChI is InChI=1S/C21H22F5NO3/c1-13(15-6-7-16(22)17(23)11-15)27(2)20(28)9-5-14-4-8-18(19(10-14)29-3)30-12-21(24,25)26/h4,6-8,10-11,13H,5,9,12H2,1-3H3. The van der Waals surface area contributed by atoms with Gasteiger partial charge in [0.1, 0.15) is 0 Å². The van der Waals surface area contributed by atoms with E-state index in [2.05, 4.69) is 0 Å². The molecule has 0 radical (unpaired) electrons. The summed E-state index contributed by atoms with van der Waals surface area (Å²) < 4.78 is 73.3. The fourth-order valence-corrected chi connectivity index (χ4v) is 2.79. The first-order valence-corrected chi connectivity index (χ1v) is 9.09. The summed E-state index contributed by atoms with van der Waals surface area (Å²) in [6.45, 7) is 0.258. The monoisotopic (exact) mass is 431 g/mol. The molecule has 1 unspecified atom stereocenters. The Kier molecular flexibility index (Phi) is 7.64. The summed E-state index contributed by atoms with van der Waals surface area (Å²) in [5.74, 6) is -2.10. The van der Waals surface area contributed by atoms with Crippen LogP contribution in [-0.2, 0) is 11.2 Å². The van der Waals surface area contributed by atoms with Crippen molar-refractivity contribution in [1.29, 1.82) is 0 Å². The number of amides is 1. The van der Waals surface area contributed by atoms with E-state index in [0.29, 0.717) is 17.5 Å². The van der Waals surface area contributed by atoms with Crippen LogP contribution in [0.25, 0.3) is 0 Å². The molecule has 0 aromatic heterocycles. The van der Waals surface area contributed by atoms with Crippen molar-refractivity contribution in [2.45, 2.75) is 32.0 Å². The van der Waals surface area contributed by atoms with Crippen molar-refractivity contribution >= 4 is 5.91 Å². The van der Waals surface area contributed by atoms with Crippen LogP contribution in [0, 0.1) is 11.6 Å². The van der Waals surface area contributed by atoms with E-state index >= 15 is 0 Å². The fourth-order valence-electron chi connectivity index (χ4n) is 2.79. The van der Waals surface area contributed by atoms with Crippen LogP contribution in [0.3, 0.4) is 0 Å². The number of halogens is 5. The first kappa shape index (κ1) is 23.4. The normalized spacial score (nSPS) is 12.4. The molecule has 0 saturated carbocycles. The number of hydrogen-bond acceptors (Lipinski definition) is 3. The van der Waals surface area contributed by atoms with Gasteiger partial charge in [-0.1, -0.05) is 12.1 Å². The third-order valence-corrected chi connectivity index (χ3v) is 4.65. The van der Waals surface area contributed by atoms with Crippen LogP contribution in [0.2, 0.25) is 0 Å². The molecule has 0 heterocycles. The number of ether oxygens (including phenoxy) is 2. The molecule has 0 saturated heterocycles. The predicted octanol–water partition coefficient (Wildman–Crippen LogP) is 5.07. The molecule has 0 N–H and O–H groups in total. The summed E-state index contributed by atoms with van der Waals surface area (Å²) in [4.78, 5) is 13.9. The molecule has 0 fully saturated rings. The minimum absolute atomic E-state index is 0.0472. The molecule has 0 aliphatic carbocycles. The van der Waals surface area contributed by atoms with Gasteiger partial charge in [-0.25, -0.2) is 8.78 Å². The zero-order chi connectivity index (χ0) is 22.5. The summed E-state index contributed by atoms with van der Waals surface area (Å²) in [5.41, 5.74) is 1.13. The van der Waals surface area contributed by atoms with Crippen LogP contribution in [0.4, 0.5) is 22.0 Å². The Labute approximate surface area is 171 Å². The molecular weight excluding hydrogens is 409 g/mol. The van der Waals surface area contributed by atoms with Crippen molar-refractivity contribution in [3.05, 3.63) is 59.2 Å². The first-order valence-electron chi connectivity index (χ1n) is 9.09. The third kappa shape index (κ3) is 6.33. The van der Waals surface area contributed by atoms with Gasteiger partial charge in [0.05, 0.1) is 13.2 Å². The highest BCUT2D eigenvalue weighted by Gasteiger charge is 2.29. The first-order chi connectivity index (χ1) is 14.0. The maximum Gasteiger partial charge on any atom is 0.422 e. The topological polar surface area (TPSA) is 38.8 Å². The molecule has 2 rings (SSSR count). The minimum Gasteiger partial charge on any atom is -0.493 e. The van der Waals surface area contributed by atoms with E-state index in [1.807, 2.05) is 0 Å². The summed E-state index contributed by atoms with van der Waals surface area (Å²) in [5, 5.41) is 0. The predicted molar refractivity (Wildman–Crippen MR) is 100 cm³/mol. The van der Waals surface area contributed by atoms with Gasteiger partial charge in [-0.3, -0.25) is 4.79 Å². The van der Waals surface area contributed by atoms with Crippen molar-refractivity contribution < 1.29 is 36.2 Å². The summed E-state index contributed by atoms with van der Waals surface area (Å²) >= 11 is 0. The van der Waals surface area contributed by atoms with Crippen LogP contribution in [0.5, 0.6) is 11.5 Å². The number of aryl methyl sites for hydroxylation is 1. The van der Waals surface area contributed by atoms with Crippen molar-refractivity contribution in [3.63, 3.8) is 0 Å². The highest BCUT2D eigenvalue weighted by atomic mass is 19.4. The minimum atomic E-state index is -4.47. The van der Waals surface area contributed by atoms with Crippen LogP contribution >= 0.6 is 0 Å². The largest absolute Gasteiger partial charge is 0.493 e. The lowest BCUT2D eigenvalue weighted by molar-refractivity contribution is -0.153. The van der Waals surface area contributed by atoms with E-state index in [9.17, 15) is 26.7 Å². The Morgan fingerprint density at radius 2 is 1.77 bits per heavy atom. The lowest BCUT2D eigenvalue weighted by Crippen LogP contribution is -2.29. The molecule has 2 aromatic carbocycles. The molecule has 4 nitrogen and oxygen atoms in total. The van der Waals surface area contributed by atoms with Crippen molar-refractivity contribution in [3.8, 4) is 11.5 Å². The molecule has 30 heavy (non-hydrogen) atoms. The van der Waals surface area contributed by atoms with Crippen molar-refractivity contribution in [2.75, 3.05) is 20.8 Å². The molecule has 2 aromatic rings. The van der Waals surface area contributed by atoms with Crippen LogP contribution in [0.15, 0.2) is 36.4 Å². The van der Waals surface area contributed by atoms with Gasteiger partial charge in [-0.2, -0.15) is 13.2 Å². The van der Waals surface area contributed by atoms with Crippen LogP contribution in [0.1, 0.15) is 30.5 Å². The Morgan fingerprint density at radius 1 is 1.07 bits per heavy atom. The average Bonchev–Trinajstić information content (AvgIpc) is 2.70. The van der Waals surface area contributed by atoms with Gasteiger partial charge in [0.25, 0.3) is 0 Å². The van der Waals surface area contributed by atoms with E-state index in [1.54, 1.807) is 20.0 Å². The van der Waals surface area contributed by atoms with Gasteiger partial charge in [0, 0.05) is 13.5 Å². The Hall–Kier alpha value is -2.84. The Balaban J connectivity index is 1.99. The van der Waals surface area contributed by atoms with E-state index in [4.69, 9.17) is 9.47 Å². The molecule has 9 heteroatoms. The number of carbonyl (C=O) groups is 1. The van der Waals surface area contributed by atoms with E-state index in [0.717, 1.165) is 12.1 Å². The van der Waals surface area contributed by atoms with Gasteiger partial charge in [-0.05, 0) is 48.7 Å². The second kappa shape index (κ2) is 9.77. The van der Waals surface area contributed by atoms with Crippen LogP contribution in [-0.4, -0.2) is 37.7 Å². The van der Waals surface area contributed by atoms with Gasteiger partial charge >= 0.3 is 6.18 Å². The Bertz CT molecular complexity index is 885. The van der Waals surface area contributed by atoms with E-state index < -0.39 is 30.5 Å². The van der Waals surface area contributed by atoms with Gasteiger partial charge in [-0.15, -0.1) is 0 Å². The average molecular weight is 431 g/mol. The summed E-state index contributed by atoms with van der Waals surface area (Å²) in [6.07, 6.45) is -4.05. The molecule has 0 spiro atoms. The van der Waals surface area contributed by atoms with Crippen LogP contribution < -0.4 is 9.47 Å². The molecular formula is C21H22F5NO3. The number of benzene rings is 2. The molecule has 1 amide bonds. The van der Waals surface area contributed by atoms with Gasteiger partial charge < -0.3 is 14.4 Å². The lowest BCUT2D eigenvalue weighted by Gasteiger charge is -2.25.